The van der Waals surface area contributed by atoms with Gasteiger partial charge in [0.25, 0.3) is 0 Å². The van der Waals surface area contributed by atoms with Gasteiger partial charge < -0.3 is 19.7 Å². The largest absolute Gasteiger partial charge is 0.454 e. The van der Waals surface area contributed by atoms with E-state index in [0.717, 1.165) is 22.6 Å². The van der Waals surface area contributed by atoms with E-state index in [2.05, 4.69) is 10.4 Å². The highest BCUT2D eigenvalue weighted by Crippen LogP contribution is 2.34. The summed E-state index contributed by atoms with van der Waals surface area (Å²) in [5, 5.41) is 7.48. The molecule has 9 heteroatoms. The molecule has 0 aliphatic carbocycles. The van der Waals surface area contributed by atoms with Gasteiger partial charge >= 0.3 is 0 Å². The Labute approximate surface area is 208 Å². The van der Waals surface area contributed by atoms with Crippen LogP contribution in [0.1, 0.15) is 29.8 Å². The monoisotopic (exact) mass is 490 g/mol. The zero-order valence-electron chi connectivity index (χ0n) is 20.2. The van der Waals surface area contributed by atoms with Crippen LogP contribution >= 0.6 is 0 Å². The highest BCUT2D eigenvalue weighted by molar-refractivity contribution is 5.94. The number of rotatable bonds is 5. The fourth-order valence-corrected chi connectivity index (χ4v) is 4.57. The summed E-state index contributed by atoms with van der Waals surface area (Å²) in [6, 6.07) is 11.4. The van der Waals surface area contributed by atoms with E-state index in [-0.39, 0.29) is 30.3 Å². The normalized spacial score (nSPS) is 15.5. The molecule has 3 heterocycles. The minimum absolute atomic E-state index is 0.0593. The van der Waals surface area contributed by atoms with E-state index in [0.29, 0.717) is 43.1 Å². The van der Waals surface area contributed by atoms with E-state index in [1.807, 2.05) is 13.8 Å². The highest BCUT2D eigenvalue weighted by Gasteiger charge is 2.27. The molecule has 1 N–H and O–H groups in total. The van der Waals surface area contributed by atoms with Crippen molar-refractivity contribution in [1.82, 2.24) is 14.7 Å². The zero-order valence-corrected chi connectivity index (χ0v) is 20.2. The number of nitrogens with one attached hydrogen (secondary N) is 1. The van der Waals surface area contributed by atoms with Gasteiger partial charge in [-0.05, 0) is 69.2 Å². The number of aryl methyl sites for hydroxylation is 1. The second-order valence-electron chi connectivity index (χ2n) is 8.96. The minimum atomic E-state index is -0.305. The third-order valence-corrected chi connectivity index (χ3v) is 6.63. The molecule has 2 amide bonds. The molecule has 0 unspecified atom stereocenters. The molecule has 2 aromatic carbocycles. The molecular formula is C27H27FN4O4. The van der Waals surface area contributed by atoms with Crippen molar-refractivity contribution in [3.63, 3.8) is 0 Å². The summed E-state index contributed by atoms with van der Waals surface area (Å²) >= 11 is 0. The Bertz CT molecular complexity index is 1320. The number of carbonyl (C=O) groups is 2. The van der Waals surface area contributed by atoms with E-state index < -0.39 is 0 Å². The molecule has 2 aliphatic rings. The molecule has 1 fully saturated rings. The van der Waals surface area contributed by atoms with Crippen LogP contribution in [0.5, 0.6) is 11.5 Å². The maximum Gasteiger partial charge on any atom is 0.246 e. The Hall–Kier alpha value is -4.14. The summed E-state index contributed by atoms with van der Waals surface area (Å²) in [7, 11) is 0. The third-order valence-electron chi connectivity index (χ3n) is 6.63. The quantitative estimate of drug-likeness (QED) is 0.541. The molecule has 0 radical (unpaired) electrons. The molecule has 186 valence electrons. The predicted molar refractivity (Wildman–Crippen MR) is 133 cm³/mol. The second-order valence-corrected chi connectivity index (χ2v) is 8.96. The lowest BCUT2D eigenvalue weighted by molar-refractivity contribution is -0.130. The molecule has 0 spiro atoms. The summed E-state index contributed by atoms with van der Waals surface area (Å²) < 4.78 is 25.7. The molecule has 36 heavy (non-hydrogen) atoms. The van der Waals surface area contributed by atoms with Gasteiger partial charge in [0.15, 0.2) is 11.5 Å². The van der Waals surface area contributed by atoms with Crippen LogP contribution in [0.15, 0.2) is 48.5 Å². The number of hydrogen-bond donors (Lipinski definition) is 1. The van der Waals surface area contributed by atoms with Gasteiger partial charge in [0.2, 0.25) is 18.6 Å². The number of ether oxygens (including phenoxy) is 2. The summed E-state index contributed by atoms with van der Waals surface area (Å²) in [5.74, 6) is 0.658. The summed E-state index contributed by atoms with van der Waals surface area (Å²) in [5.41, 5.74) is 3.91. The lowest BCUT2D eigenvalue weighted by atomic mass is 9.95. The Balaban J connectivity index is 1.17. The van der Waals surface area contributed by atoms with Crippen LogP contribution in [0.25, 0.3) is 11.8 Å². The number of fused-ring (bicyclic) bond motifs is 1. The van der Waals surface area contributed by atoms with Gasteiger partial charge in [-0.1, -0.05) is 0 Å². The van der Waals surface area contributed by atoms with Crippen molar-refractivity contribution in [1.29, 1.82) is 0 Å². The number of aromatic nitrogens is 2. The Kier molecular flexibility index (Phi) is 6.45. The Morgan fingerprint density at radius 1 is 1.06 bits per heavy atom. The SMILES string of the molecule is Cc1nn(-c2ccc(F)cc2)c(C)c1/C=C/C(=O)N1CCC(C(=O)Nc2ccc3c(c2)OCO3)CC1. The topological polar surface area (TPSA) is 85.7 Å². The molecule has 0 atom stereocenters. The molecular weight excluding hydrogens is 463 g/mol. The molecule has 1 aromatic heterocycles. The van der Waals surface area contributed by atoms with E-state index in [9.17, 15) is 14.0 Å². The van der Waals surface area contributed by atoms with Crippen molar-refractivity contribution in [3.05, 3.63) is 71.3 Å². The fraction of sp³-hybridized carbons (Fsp3) is 0.296. The van der Waals surface area contributed by atoms with Crippen LogP contribution in [0.3, 0.4) is 0 Å². The zero-order chi connectivity index (χ0) is 25.2. The first-order valence-corrected chi connectivity index (χ1v) is 11.9. The molecule has 3 aromatic rings. The van der Waals surface area contributed by atoms with Crippen molar-refractivity contribution in [2.45, 2.75) is 26.7 Å². The smallest absolute Gasteiger partial charge is 0.246 e. The van der Waals surface area contributed by atoms with Crippen molar-refractivity contribution in [3.8, 4) is 17.2 Å². The van der Waals surface area contributed by atoms with Crippen LogP contribution in [0.2, 0.25) is 0 Å². The number of amides is 2. The molecule has 8 nitrogen and oxygen atoms in total. The predicted octanol–water partition coefficient (Wildman–Crippen LogP) is 4.25. The van der Waals surface area contributed by atoms with Gasteiger partial charge in [-0.3, -0.25) is 9.59 Å². The molecule has 2 aliphatic heterocycles. The summed E-state index contributed by atoms with van der Waals surface area (Å²) in [6.07, 6.45) is 4.52. The maximum absolute atomic E-state index is 13.3. The number of nitrogens with zero attached hydrogens (tertiary/aromatic N) is 3. The number of anilines is 1. The molecule has 1 saturated heterocycles. The van der Waals surface area contributed by atoms with Gasteiger partial charge in [-0.25, -0.2) is 9.07 Å². The van der Waals surface area contributed by atoms with Crippen LogP contribution in [0, 0.1) is 25.6 Å². The second kappa shape index (κ2) is 9.85. The van der Waals surface area contributed by atoms with Gasteiger partial charge in [-0.15, -0.1) is 0 Å². The Morgan fingerprint density at radius 2 is 1.78 bits per heavy atom. The maximum atomic E-state index is 13.3. The number of carbonyl (C=O) groups excluding carboxylic acids is 2. The lowest BCUT2D eigenvalue weighted by Crippen LogP contribution is -2.40. The van der Waals surface area contributed by atoms with Crippen molar-refractivity contribution in [2.75, 3.05) is 25.2 Å². The van der Waals surface area contributed by atoms with E-state index >= 15 is 0 Å². The van der Waals surface area contributed by atoms with Crippen molar-refractivity contribution in [2.24, 2.45) is 5.92 Å². The number of hydrogen-bond acceptors (Lipinski definition) is 5. The number of benzene rings is 2. The summed E-state index contributed by atoms with van der Waals surface area (Å²) in [4.78, 5) is 27.3. The van der Waals surface area contributed by atoms with E-state index in [1.165, 1.54) is 12.1 Å². The van der Waals surface area contributed by atoms with E-state index in [4.69, 9.17) is 9.47 Å². The van der Waals surface area contributed by atoms with Crippen molar-refractivity contribution >= 4 is 23.6 Å². The van der Waals surface area contributed by atoms with Crippen molar-refractivity contribution < 1.29 is 23.5 Å². The van der Waals surface area contributed by atoms with Gasteiger partial charge in [0.05, 0.1) is 11.4 Å². The number of halogens is 1. The lowest BCUT2D eigenvalue weighted by Gasteiger charge is -2.30. The van der Waals surface area contributed by atoms with Gasteiger partial charge in [-0.2, -0.15) is 5.10 Å². The minimum Gasteiger partial charge on any atom is -0.454 e. The number of piperidine rings is 1. The average Bonchev–Trinajstić information content (AvgIpc) is 3.46. The molecule has 5 rings (SSSR count). The first-order valence-electron chi connectivity index (χ1n) is 11.9. The van der Waals surface area contributed by atoms with Gasteiger partial charge in [0, 0.05) is 48.1 Å². The first-order chi connectivity index (χ1) is 17.4. The van der Waals surface area contributed by atoms with Crippen LogP contribution < -0.4 is 14.8 Å². The van der Waals surface area contributed by atoms with Gasteiger partial charge in [0.1, 0.15) is 5.82 Å². The molecule has 0 saturated carbocycles. The van der Waals surface area contributed by atoms with Crippen LogP contribution in [-0.4, -0.2) is 46.4 Å². The van der Waals surface area contributed by atoms with E-state index in [1.54, 1.807) is 52.1 Å². The van der Waals surface area contributed by atoms with Crippen LogP contribution in [0.4, 0.5) is 10.1 Å². The molecule has 0 bridgehead atoms. The highest BCUT2D eigenvalue weighted by atomic mass is 19.1. The van der Waals surface area contributed by atoms with Crippen LogP contribution in [-0.2, 0) is 9.59 Å². The first kappa shape index (κ1) is 23.6. The number of likely N-dealkylation sites (tertiary alicyclic amines) is 1. The fourth-order valence-electron chi connectivity index (χ4n) is 4.57. The average molecular weight is 491 g/mol. The Morgan fingerprint density at radius 3 is 2.53 bits per heavy atom. The summed E-state index contributed by atoms with van der Waals surface area (Å²) in [6.45, 7) is 4.99. The third kappa shape index (κ3) is 4.82. The standard InChI is InChI=1S/C27H27FN4O4/c1-17-23(18(2)32(30-17)22-6-3-20(28)4-7-22)8-10-26(33)31-13-11-19(12-14-31)27(34)29-21-5-9-24-25(15-21)36-16-35-24/h3-10,15,19H,11-14,16H2,1-2H3,(H,29,34)/b10-8+.